The van der Waals surface area contributed by atoms with Gasteiger partial charge in [0.2, 0.25) is 0 Å². The first-order valence-corrected chi connectivity index (χ1v) is 14.3. The number of carbonyl (C=O) groups excluding carboxylic acids is 4. The van der Waals surface area contributed by atoms with Gasteiger partial charge < -0.3 is 28.5 Å². The standard InChI is InChI=1S/C31H38O10/c1-7-8-20(32)40-25-27(2,3)18(13-21(33)37-6)29(5)17-9-11-28(4)19(31(17)26(41-31)30(25,36)24(29)35)14-22(34)39-23(28)16-10-12-38-15-16/h7-8,10,12,15,17-19,23,25-26,36H,9,11,13-14H2,1-6H3/b8-7+/t17-,18+,19-,23+,25+,26-,28-,29-,30+,31-/m1/s1. The van der Waals surface area contributed by atoms with Crippen LogP contribution in [0.1, 0.15) is 72.0 Å². The molecule has 2 bridgehead atoms. The van der Waals surface area contributed by atoms with Crippen molar-refractivity contribution >= 4 is 23.7 Å². The molecule has 1 N–H and O–H groups in total. The number of esters is 3. The van der Waals surface area contributed by atoms with Gasteiger partial charge in [0.05, 0.1) is 26.1 Å². The van der Waals surface area contributed by atoms with Gasteiger partial charge in [-0.1, -0.05) is 33.8 Å². The van der Waals surface area contributed by atoms with Gasteiger partial charge in [-0.3, -0.25) is 14.4 Å². The van der Waals surface area contributed by atoms with Crippen molar-refractivity contribution in [3.63, 3.8) is 0 Å². The van der Waals surface area contributed by atoms with Crippen LogP contribution in [-0.2, 0) is 38.1 Å². The maximum Gasteiger partial charge on any atom is 0.330 e. The van der Waals surface area contributed by atoms with Crippen molar-refractivity contribution in [2.75, 3.05) is 7.11 Å². The van der Waals surface area contributed by atoms with Gasteiger partial charge in [-0.05, 0) is 31.7 Å². The van der Waals surface area contributed by atoms with Crippen molar-refractivity contribution in [1.29, 1.82) is 0 Å². The normalized spacial score (nSPS) is 45.6. The smallest absolute Gasteiger partial charge is 0.330 e. The molecule has 2 saturated heterocycles. The molecule has 0 radical (unpaired) electrons. The van der Waals surface area contributed by atoms with Crippen LogP contribution in [0.4, 0.5) is 0 Å². The van der Waals surface area contributed by atoms with Crippen molar-refractivity contribution in [2.45, 2.75) is 89.8 Å². The summed E-state index contributed by atoms with van der Waals surface area (Å²) < 4.78 is 28.8. The van der Waals surface area contributed by atoms with Crippen LogP contribution in [0.15, 0.2) is 35.2 Å². The molecule has 3 aliphatic carbocycles. The molecule has 0 amide bonds. The molecule has 1 aromatic rings. The summed E-state index contributed by atoms with van der Waals surface area (Å²) in [6.07, 6.45) is 4.04. The van der Waals surface area contributed by atoms with Crippen molar-refractivity contribution in [2.24, 2.45) is 34.0 Å². The van der Waals surface area contributed by atoms with E-state index in [1.54, 1.807) is 26.2 Å². The van der Waals surface area contributed by atoms with Gasteiger partial charge in [-0.25, -0.2) is 4.79 Å². The van der Waals surface area contributed by atoms with E-state index in [0.717, 1.165) is 5.56 Å². The number of allylic oxidation sites excluding steroid dienone is 1. The monoisotopic (exact) mass is 570 g/mol. The third kappa shape index (κ3) is 3.37. The van der Waals surface area contributed by atoms with Crippen LogP contribution in [0.25, 0.3) is 0 Å². The van der Waals surface area contributed by atoms with E-state index < -0.39 is 87.2 Å². The minimum absolute atomic E-state index is 0.0479. The summed E-state index contributed by atoms with van der Waals surface area (Å²) in [6.45, 7) is 9.17. The fraction of sp³-hybridized carbons (Fsp3) is 0.677. The van der Waals surface area contributed by atoms with Crippen LogP contribution in [0.3, 0.4) is 0 Å². The Morgan fingerprint density at radius 1 is 1.17 bits per heavy atom. The minimum atomic E-state index is -2.19. The van der Waals surface area contributed by atoms with E-state index in [2.05, 4.69) is 6.92 Å². The highest BCUT2D eigenvalue weighted by Crippen LogP contribution is 2.78. The van der Waals surface area contributed by atoms with Gasteiger partial charge in [0.1, 0.15) is 23.9 Å². The fourth-order valence-corrected chi connectivity index (χ4v) is 9.72. The molecule has 2 aliphatic heterocycles. The van der Waals surface area contributed by atoms with Gasteiger partial charge in [-0.15, -0.1) is 0 Å². The molecule has 5 aliphatic rings. The lowest BCUT2D eigenvalue weighted by Crippen LogP contribution is -2.80. The maximum absolute atomic E-state index is 14.6. The zero-order valence-corrected chi connectivity index (χ0v) is 24.3. The molecule has 222 valence electrons. The van der Waals surface area contributed by atoms with Crippen molar-refractivity contribution in [3.8, 4) is 0 Å². The molecule has 3 heterocycles. The molecule has 10 heteroatoms. The predicted octanol–water partition coefficient (Wildman–Crippen LogP) is 3.46. The number of hydrogen-bond acceptors (Lipinski definition) is 10. The number of carbonyl (C=O) groups is 4. The SMILES string of the molecule is C/C=C/C(=O)O[C@H]1C(C)(C)[C@H](CC(=O)OC)[C@]2(C)C(=O)[C@@]1(O)[C@H]1O[C@]13[C@@H]1CC(=O)O[C@@H](c4ccoc4)[C@]1(C)CC[C@H]23. The van der Waals surface area contributed by atoms with Crippen LogP contribution >= 0.6 is 0 Å². The van der Waals surface area contributed by atoms with Crippen LogP contribution in [0.2, 0.25) is 0 Å². The molecule has 0 unspecified atom stereocenters. The van der Waals surface area contributed by atoms with E-state index in [9.17, 15) is 24.3 Å². The maximum atomic E-state index is 14.6. The van der Waals surface area contributed by atoms with Crippen molar-refractivity contribution < 1.29 is 47.6 Å². The first kappa shape index (κ1) is 28.2. The number of aliphatic hydroxyl groups is 1. The number of epoxide rings is 1. The Labute approximate surface area is 238 Å². The first-order valence-electron chi connectivity index (χ1n) is 14.3. The summed E-state index contributed by atoms with van der Waals surface area (Å²) in [6, 6.07) is 1.78. The molecule has 1 spiro atoms. The molecule has 3 saturated carbocycles. The van der Waals surface area contributed by atoms with E-state index in [1.807, 2.05) is 13.8 Å². The van der Waals surface area contributed by atoms with E-state index >= 15 is 0 Å². The summed E-state index contributed by atoms with van der Waals surface area (Å²) in [5.74, 6) is -3.57. The van der Waals surface area contributed by atoms with E-state index in [0.29, 0.717) is 12.8 Å². The topological polar surface area (TPSA) is 142 Å². The summed E-state index contributed by atoms with van der Waals surface area (Å²) in [4.78, 5) is 53.4. The first-order chi connectivity index (χ1) is 19.2. The number of hydrogen-bond donors (Lipinski definition) is 1. The Kier molecular flexibility index (Phi) is 6.02. The van der Waals surface area contributed by atoms with Gasteiger partial charge in [0.25, 0.3) is 0 Å². The lowest BCUT2D eigenvalue weighted by Gasteiger charge is -2.66. The lowest BCUT2D eigenvalue weighted by molar-refractivity contribution is -0.250. The molecule has 41 heavy (non-hydrogen) atoms. The Morgan fingerprint density at radius 3 is 2.54 bits per heavy atom. The highest BCUT2D eigenvalue weighted by atomic mass is 16.6. The molecule has 0 aromatic carbocycles. The average Bonchev–Trinajstić information content (AvgIpc) is 3.41. The van der Waals surface area contributed by atoms with Crippen LogP contribution in [-0.4, -0.2) is 59.3 Å². The number of ketones is 1. The van der Waals surface area contributed by atoms with Crippen LogP contribution in [0, 0.1) is 34.0 Å². The largest absolute Gasteiger partial charge is 0.472 e. The molecular formula is C31H38O10. The molecular weight excluding hydrogens is 532 g/mol. The van der Waals surface area contributed by atoms with Gasteiger partial charge in [0, 0.05) is 46.1 Å². The third-order valence-corrected chi connectivity index (χ3v) is 11.4. The minimum Gasteiger partial charge on any atom is -0.472 e. The number of fused-ring (bicyclic) bond motifs is 5. The molecule has 10 atom stereocenters. The molecule has 10 nitrogen and oxygen atoms in total. The lowest BCUT2D eigenvalue weighted by atomic mass is 9.36. The number of cyclic esters (lactones) is 1. The van der Waals surface area contributed by atoms with Crippen LogP contribution in [0.5, 0.6) is 0 Å². The summed E-state index contributed by atoms with van der Waals surface area (Å²) in [5.41, 5.74) is -5.37. The van der Waals surface area contributed by atoms with E-state index in [-0.39, 0.29) is 12.8 Å². The van der Waals surface area contributed by atoms with Gasteiger partial charge in [0.15, 0.2) is 11.4 Å². The van der Waals surface area contributed by atoms with Gasteiger partial charge >= 0.3 is 17.9 Å². The highest BCUT2D eigenvalue weighted by molar-refractivity contribution is 5.99. The second kappa shape index (κ2) is 8.77. The second-order valence-electron chi connectivity index (χ2n) is 13.5. The Balaban J connectivity index is 1.53. The quantitative estimate of drug-likeness (QED) is 0.242. The Morgan fingerprint density at radius 2 is 1.90 bits per heavy atom. The number of methoxy groups -OCH3 is 1. The fourth-order valence-electron chi connectivity index (χ4n) is 9.72. The number of furan rings is 1. The van der Waals surface area contributed by atoms with Crippen LogP contribution < -0.4 is 0 Å². The molecule has 1 aromatic heterocycles. The van der Waals surface area contributed by atoms with Crippen molar-refractivity contribution in [3.05, 3.63) is 36.3 Å². The average molecular weight is 571 g/mol. The van der Waals surface area contributed by atoms with E-state index in [1.165, 1.54) is 25.5 Å². The Hall–Kier alpha value is -2.98. The highest BCUT2D eigenvalue weighted by Gasteiger charge is 2.90. The molecule has 6 rings (SSSR count). The Bertz CT molecular complexity index is 1330. The summed E-state index contributed by atoms with van der Waals surface area (Å²) in [7, 11) is 1.29. The zero-order valence-electron chi connectivity index (χ0n) is 24.3. The number of Topliss-reactive ketones (excluding diaryl/α,β-unsaturated/α-hetero) is 1. The number of rotatable bonds is 5. The van der Waals surface area contributed by atoms with Gasteiger partial charge in [-0.2, -0.15) is 0 Å². The van der Waals surface area contributed by atoms with Crippen molar-refractivity contribution in [1.82, 2.24) is 0 Å². The summed E-state index contributed by atoms with van der Waals surface area (Å²) >= 11 is 0. The third-order valence-electron chi connectivity index (χ3n) is 11.4. The zero-order chi connectivity index (χ0) is 29.8. The van der Waals surface area contributed by atoms with E-state index in [4.69, 9.17) is 23.4 Å². The second-order valence-corrected chi connectivity index (χ2v) is 13.5. The predicted molar refractivity (Wildman–Crippen MR) is 141 cm³/mol. The molecule has 5 fully saturated rings. The number of ether oxygens (including phenoxy) is 4. The summed E-state index contributed by atoms with van der Waals surface area (Å²) in [5, 5.41) is 12.6.